The van der Waals surface area contributed by atoms with Gasteiger partial charge in [0.1, 0.15) is 11.5 Å². The molecule has 2 N–H and O–H groups in total. The number of carbonyl (C=O) groups is 2. The number of carbonyl (C=O) groups excluding carboxylic acids is 2. The number of nitrogens with one attached hydrogen (secondary N) is 2. The summed E-state index contributed by atoms with van der Waals surface area (Å²) in [6, 6.07) is 8.87. The van der Waals surface area contributed by atoms with E-state index in [-0.39, 0.29) is 18.2 Å². The van der Waals surface area contributed by atoms with Crippen LogP contribution in [0.3, 0.4) is 0 Å². The van der Waals surface area contributed by atoms with Gasteiger partial charge in [-0.1, -0.05) is 0 Å². The van der Waals surface area contributed by atoms with E-state index in [1.807, 2.05) is 6.07 Å². The van der Waals surface area contributed by atoms with Gasteiger partial charge in [0.25, 0.3) is 5.91 Å². The van der Waals surface area contributed by atoms with Crippen molar-refractivity contribution >= 4 is 39.1 Å². The van der Waals surface area contributed by atoms with E-state index in [1.165, 1.54) is 11.3 Å². The smallest absolute Gasteiger partial charge is 0.279 e. The van der Waals surface area contributed by atoms with Gasteiger partial charge in [-0.2, -0.15) is 0 Å². The lowest BCUT2D eigenvalue weighted by Crippen LogP contribution is -2.41. The molecule has 0 aliphatic rings. The van der Waals surface area contributed by atoms with Crippen LogP contribution in [0.25, 0.3) is 0 Å². The number of amides is 2. The van der Waals surface area contributed by atoms with Gasteiger partial charge in [0.2, 0.25) is 5.91 Å². The molecule has 0 bridgehead atoms. The molecule has 0 fully saturated rings. The van der Waals surface area contributed by atoms with E-state index in [2.05, 4.69) is 26.8 Å². The van der Waals surface area contributed by atoms with Crippen LogP contribution in [0, 0.1) is 0 Å². The van der Waals surface area contributed by atoms with Gasteiger partial charge in [-0.3, -0.25) is 20.4 Å². The highest BCUT2D eigenvalue weighted by Gasteiger charge is 2.11. The third-order valence-electron chi connectivity index (χ3n) is 3.22. The Morgan fingerprint density at radius 2 is 1.92 bits per heavy atom. The normalized spacial score (nSPS) is 10.1. The van der Waals surface area contributed by atoms with Crippen molar-refractivity contribution in [2.45, 2.75) is 12.8 Å². The Hall–Kier alpha value is -2.06. The Morgan fingerprint density at radius 3 is 2.54 bits per heavy atom. The topological polar surface area (TPSA) is 76.7 Å². The van der Waals surface area contributed by atoms with Crippen LogP contribution < -0.4 is 20.3 Å². The SMILES string of the molecule is COc1ccc(OC)c(CCC(=O)NNC(=O)c2ccc(Br)s2)c1. The fourth-order valence-electron chi connectivity index (χ4n) is 2.01. The van der Waals surface area contributed by atoms with Crippen molar-refractivity contribution in [3.8, 4) is 11.5 Å². The van der Waals surface area contributed by atoms with Crippen molar-refractivity contribution in [3.63, 3.8) is 0 Å². The number of hydrazine groups is 1. The van der Waals surface area contributed by atoms with Gasteiger partial charge in [-0.05, 0) is 58.2 Å². The van der Waals surface area contributed by atoms with Gasteiger partial charge in [0, 0.05) is 6.42 Å². The summed E-state index contributed by atoms with van der Waals surface area (Å²) >= 11 is 4.58. The molecule has 0 radical (unpaired) electrons. The number of ether oxygens (including phenoxy) is 2. The summed E-state index contributed by atoms with van der Waals surface area (Å²) in [5.74, 6) is 0.751. The molecule has 0 aliphatic carbocycles. The zero-order chi connectivity index (χ0) is 17.5. The van der Waals surface area contributed by atoms with Crippen molar-refractivity contribution in [2.24, 2.45) is 0 Å². The number of aryl methyl sites for hydroxylation is 1. The Morgan fingerprint density at radius 1 is 1.12 bits per heavy atom. The molecule has 128 valence electrons. The molecule has 0 atom stereocenters. The molecule has 0 saturated heterocycles. The molecule has 6 nitrogen and oxygen atoms in total. The van der Waals surface area contributed by atoms with E-state index < -0.39 is 0 Å². The van der Waals surface area contributed by atoms with Gasteiger partial charge in [-0.15, -0.1) is 11.3 Å². The van der Waals surface area contributed by atoms with Crippen LogP contribution in [-0.4, -0.2) is 26.0 Å². The summed E-state index contributed by atoms with van der Waals surface area (Å²) in [4.78, 5) is 24.3. The maximum atomic E-state index is 11.9. The molecule has 1 aromatic heterocycles. The summed E-state index contributed by atoms with van der Waals surface area (Å²) in [7, 11) is 3.15. The third-order valence-corrected chi connectivity index (χ3v) is 4.84. The minimum Gasteiger partial charge on any atom is -0.497 e. The van der Waals surface area contributed by atoms with Gasteiger partial charge in [-0.25, -0.2) is 0 Å². The number of hydrogen-bond donors (Lipinski definition) is 2. The second kappa shape index (κ2) is 8.70. The molecule has 0 aliphatic heterocycles. The van der Waals surface area contributed by atoms with Gasteiger partial charge in [0.15, 0.2) is 0 Å². The van der Waals surface area contributed by atoms with Crippen molar-refractivity contribution in [1.29, 1.82) is 0 Å². The molecule has 2 aromatic rings. The highest BCUT2D eigenvalue weighted by atomic mass is 79.9. The lowest BCUT2D eigenvalue weighted by molar-refractivity contribution is -0.121. The predicted molar refractivity (Wildman–Crippen MR) is 95.5 cm³/mol. The molecule has 1 heterocycles. The minimum absolute atomic E-state index is 0.206. The lowest BCUT2D eigenvalue weighted by atomic mass is 10.1. The second-order valence-electron chi connectivity index (χ2n) is 4.78. The third kappa shape index (κ3) is 4.97. The van der Waals surface area contributed by atoms with Gasteiger partial charge >= 0.3 is 0 Å². The lowest BCUT2D eigenvalue weighted by Gasteiger charge is -2.11. The monoisotopic (exact) mass is 412 g/mol. The summed E-state index contributed by atoms with van der Waals surface area (Å²) in [5, 5.41) is 0. The molecular formula is C16H17BrN2O4S. The van der Waals surface area contributed by atoms with E-state index in [9.17, 15) is 9.59 Å². The van der Waals surface area contributed by atoms with Crippen LogP contribution >= 0.6 is 27.3 Å². The number of halogens is 1. The first kappa shape index (κ1) is 18.3. The van der Waals surface area contributed by atoms with Crippen molar-refractivity contribution in [3.05, 3.63) is 44.6 Å². The van der Waals surface area contributed by atoms with Crippen LogP contribution in [0.1, 0.15) is 21.7 Å². The van der Waals surface area contributed by atoms with Crippen LogP contribution in [0.2, 0.25) is 0 Å². The summed E-state index contributed by atoms with van der Waals surface area (Å²) in [5.41, 5.74) is 5.66. The fourth-order valence-corrected chi connectivity index (χ4v) is 3.29. The molecule has 0 spiro atoms. The maximum Gasteiger partial charge on any atom is 0.279 e. The Balaban J connectivity index is 1.86. The molecule has 0 saturated carbocycles. The molecule has 8 heteroatoms. The molecule has 24 heavy (non-hydrogen) atoms. The minimum atomic E-state index is -0.349. The van der Waals surface area contributed by atoms with Gasteiger partial charge in [0.05, 0.1) is 22.9 Å². The predicted octanol–water partition coefficient (Wildman–Crippen LogP) is 2.92. The van der Waals surface area contributed by atoms with E-state index in [1.54, 1.807) is 38.5 Å². The number of methoxy groups -OCH3 is 2. The zero-order valence-electron chi connectivity index (χ0n) is 13.2. The highest BCUT2D eigenvalue weighted by Crippen LogP contribution is 2.25. The zero-order valence-corrected chi connectivity index (χ0v) is 15.6. The van der Waals surface area contributed by atoms with E-state index in [0.29, 0.717) is 22.8 Å². The van der Waals surface area contributed by atoms with E-state index >= 15 is 0 Å². The van der Waals surface area contributed by atoms with Gasteiger partial charge < -0.3 is 9.47 Å². The van der Waals surface area contributed by atoms with Crippen molar-refractivity contribution in [1.82, 2.24) is 10.9 Å². The molecular weight excluding hydrogens is 396 g/mol. The number of benzene rings is 1. The first-order chi connectivity index (χ1) is 11.5. The second-order valence-corrected chi connectivity index (χ2v) is 7.25. The molecule has 2 rings (SSSR count). The summed E-state index contributed by atoms with van der Waals surface area (Å²) < 4.78 is 11.3. The molecule has 2 amide bonds. The maximum absolute atomic E-state index is 11.9. The van der Waals surface area contributed by atoms with Crippen molar-refractivity contribution < 1.29 is 19.1 Å². The number of thiophene rings is 1. The Labute approximate surface area is 152 Å². The first-order valence-electron chi connectivity index (χ1n) is 7.09. The van der Waals surface area contributed by atoms with Crippen LogP contribution in [-0.2, 0) is 11.2 Å². The summed E-state index contributed by atoms with van der Waals surface area (Å²) in [6.07, 6.45) is 0.671. The number of rotatable bonds is 6. The largest absolute Gasteiger partial charge is 0.497 e. The standard InChI is InChI=1S/C16H17BrN2O4S/c1-22-11-4-5-12(23-2)10(9-11)3-8-15(20)18-19-16(21)13-6-7-14(17)24-13/h4-7,9H,3,8H2,1-2H3,(H,18,20)(H,19,21). The van der Waals surface area contributed by atoms with Crippen LogP contribution in [0.5, 0.6) is 11.5 Å². The fraction of sp³-hybridized carbons (Fsp3) is 0.250. The summed E-state index contributed by atoms with van der Waals surface area (Å²) in [6.45, 7) is 0. The Bertz CT molecular complexity index is 733. The average molecular weight is 413 g/mol. The quantitative estimate of drug-likeness (QED) is 0.715. The highest BCUT2D eigenvalue weighted by molar-refractivity contribution is 9.11. The van der Waals surface area contributed by atoms with Crippen LogP contribution in [0.4, 0.5) is 0 Å². The van der Waals surface area contributed by atoms with E-state index in [0.717, 1.165) is 9.35 Å². The molecule has 1 aromatic carbocycles. The first-order valence-corrected chi connectivity index (χ1v) is 8.70. The van der Waals surface area contributed by atoms with Crippen LogP contribution in [0.15, 0.2) is 34.1 Å². The van der Waals surface area contributed by atoms with Crippen molar-refractivity contribution in [2.75, 3.05) is 14.2 Å². The Kier molecular flexibility index (Phi) is 6.62. The number of hydrogen-bond acceptors (Lipinski definition) is 5. The molecule has 0 unspecified atom stereocenters. The average Bonchev–Trinajstić information content (AvgIpc) is 3.04. The van der Waals surface area contributed by atoms with E-state index in [4.69, 9.17) is 9.47 Å².